The molecule has 0 radical (unpaired) electrons. The molecule has 0 aromatic heterocycles. The van der Waals surface area contributed by atoms with Crippen molar-refractivity contribution in [2.24, 2.45) is 5.73 Å². The fraction of sp³-hybridized carbons (Fsp3) is 0.222. The van der Waals surface area contributed by atoms with Gasteiger partial charge in [-0.1, -0.05) is 11.6 Å². The van der Waals surface area contributed by atoms with Crippen molar-refractivity contribution in [1.82, 2.24) is 0 Å². The smallest absolute Gasteiger partial charge is 0.326 e. The van der Waals surface area contributed by atoms with Crippen molar-refractivity contribution < 1.29 is 13.2 Å². The molecule has 0 unspecified atom stereocenters. The van der Waals surface area contributed by atoms with E-state index in [1.54, 1.807) is 6.07 Å². The third-order valence-corrected chi connectivity index (χ3v) is 2.20. The first kappa shape index (κ1) is 11.8. The van der Waals surface area contributed by atoms with E-state index in [9.17, 15) is 13.2 Å². The number of nitrogens with two attached hydrogens (primary N) is 1. The van der Waals surface area contributed by atoms with Crippen LogP contribution in [0.1, 0.15) is 16.7 Å². The number of hydrogen-bond acceptors (Lipinski definition) is 2. The predicted octanol–water partition coefficient (Wildman–Crippen LogP) is 2.69. The highest BCUT2D eigenvalue weighted by Crippen LogP contribution is 2.36. The lowest BCUT2D eigenvalue weighted by Crippen LogP contribution is -2.09. The number of nitriles is 1. The van der Waals surface area contributed by atoms with Crippen molar-refractivity contribution in [2.45, 2.75) is 12.7 Å². The van der Waals surface area contributed by atoms with Crippen LogP contribution in [0.15, 0.2) is 12.1 Å². The van der Waals surface area contributed by atoms with Gasteiger partial charge in [-0.2, -0.15) is 18.4 Å². The topological polar surface area (TPSA) is 49.8 Å². The molecule has 1 aromatic carbocycles. The lowest BCUT2D eigenvalue weighted by Gasteiger charge is -2.11. The fourth-order valence-electron chi connectivity index (χ4n) is 1.09. The van der Waals surface area contributed by atoms with Gasteiger partial charge in [-0.05, 0) is 17.7 Å². The molecular formula is C9H6ClF3N2. The summed E-state index contributed by atoms with van der Waals surface area (Å²) in [5.74, 6) is 0. The van der Waals surface area contributed by atoms with Gasteiger partial charge in [0.25, 0.3) is 0 Å². The van der Waals surface area contributed by atoms with Gasteiger partial charge in [-0.15, -0.1) is 0 Å². The van der Waals surface area contributed by atoms with E-state index in [4.69, 9.17) is 22.6 Å². The predicted molar refractivity (Wildman–Crippen MR) is 49.1 cm³/mol. The van der Waals surface area contributed by atoms with E-state index in [1.807, 2.05) is 0 Å². The zero-order valence-electron chi connectivity index (χ0n) is 7.40. The summed E-state index contributed by atoms with van der Waals surface area (Å²) in [6.07, 6.45) is -4.58. The Hall–Kier alpha value is -1.25. The summed E-state index contributed by atoms with van der Waals surface area (Å²) in [6.45, 7) is -0.0745. The SMILES string of the molecule is N#Cc1cc(CN)cc(C(F)(F)F)c1Cl. The van der Waals surface area contributed by atoms with Crippen LogP contribution in [0.3, 0.4) is 0 Å². The Kier molecular flexibility index (Phi) is 3.22. The summed E-state index contributed by atoms with van der Waals surface area (Å²) >= 11 is 5.44. The van der Waals surface area contributed by atoms with Crippen LogP contribution in [0.5, 0.6) is 0 Å². The molecule has 0 aliphatic heterocycles. The van der Waals surface area contributed by atoms with Gasteiger partial charge in [0, 0.05) is 6.54 Å². The molecule has 1 aromatic rings. The molecule has 0 saturated heterocycles. The maximum atomic E-state index is 12.4. The number of rotatable bonds is 1. The standard InChI is InChI=1S/C9H6ClF3N2/c10-8-6(4-15)1-5(3-14)2-7(8)9(11,12)13/h1-2H,3,14H2. The first-order chi connectivity index (χ1) is 6.90. The van der Waals surface area contributed by atoms with Gasteiger partial charge in [-0.25, -0.2) is 0 Å². The van der Waals surface area contributed by atoms with Crippen LogP contribution in [0, 0.1) is 11.3 Å². The average molecular weight is 235 g/mol. The molecule has 2 nitrogen and oxygen atoms in total. The Morgan fingerprint density at radius 3 is 2.40 bits per heavy atom. The van der Waals surface area contributed by atoms with Gasteiger partial charge in [0.2, 0.25) is 0 Å². The third kappa shape index (κ3) is 2.41. The first-order valence-electron chi connectivity index (χ1n) is 3.90. The molecule has 2 N–H and O–H groups in total. The summed E-state index contributed by atoms with van der Waals surface area (Å²) in [5.41, 5.74) is 4.20. The van der Waals surface area contributed by atoms with Crippen LogP contribution < -0.4 is 5.73 Å². The highest BCUT2D eigenvalue weighted by Gasteiger charge is 2.34. The van der Waals surface area contributed by atoms with Gasteiger partial charge in [0.1, 0.15) is 6.07 Å². The first-order valence-corrected chi connectivity index (χ1v) is 4.27. The molecule has 0 heterocycles. The minimum atomic E-state index is -4.58. The zero-order valence-corrected chi connectivity index (χ0v) is 8.15. The fourth-order valence-corrected chi connectivity index (χ4v) is 1.35. The molecule has 6 heteroatoms. The zero-order chi connectivity index (χ0) is 11.6. The Morgan fingerprint density at radius 2 is 2.00 bits per heavy atom. The second-order valence-electron chi connectivity index (χ2n) is 2.82. The minimum Gasteiger partial charge on any atom is -0.326 e. The van der Waals surface area contributed by atoms with Crippen molar-refractivity contribution >= 4 is 11.6 Å². The van der Waals surface area contributed by atoms with E-state index in [0.717, 1.165) is 6.07 Å². The second-order valence-corrected chi connectivity index (χ2v) is 3.20. The van der Waals surface area contributed by atoms with Gasteiger partial charge >= 0.3 is 6.18 Å². The number of nitrogens with zero attached hydrogens (tertiary/aromatic N) is 1. The van der Waals surface area contributed by atoms with Crippen molar-refractivity contribution in [3.8, 4) is 6.07 Å². The van der Waals surface area contributed by atoms with E-state index < -0.39 is 16.8 Å². The van der Waals surface area contributed by atoms with Crippen molar-refractivity contribution in [1.29, 1.82) is 5.26 Å². The van der Waals surface area contributed by atoms with Crippen molar-refractivity contribution in [3.63, 3.8) is 0 Å². The highest BCUT2D eigenvalue weighted by molar-refractivity contribution is 6.32. The second kappa shape index (κ2) is 4.09. The molecule has 0 aliphatic rings. The molecule has 0 atom stereocenters. The van der Waals surface area contributed by atoms with E-state index in [2.05, 4.69) is 0 Å². The summed E-state index contributed by atoms with van der Waals surface area (Å²) in [7, 11) is 0. The lowest BCUT2D eigenvalue weighted by molar-refractivity contribution is -0.137. The van der Waals surface area contributed by atoms with Crippen LogP contribution in [-0.4, -0.2) is 0 Å². The van der Waals surface area contributed by atoms with E-state index >= 15 is 0 Å². The molecule has 1 rings (SSSR count). The molecule has 0 aliphatic carbocycles. The van der Waals surface area contributed by atoms with Gasteiger partial charge in [-0.3, -0.25) is 0 Å². The largest absolute Gasteiger partial charge is 0.417 e. The van der Waals surface area contributed by atoms with Crippen LogP contribution in [0.25, 0.3) is 0 Å². The minimum absolute atomic E-state index is 0.0745. The maximum absolute atomic E-state index is 12.4. The summed E-state index contributed by atoms with van der Waals surface area (Å²) in [4.78, 5) is 0. The van der Waals surface area contributed by atoms with E-state index in [1.165, 1.54) is 6.07 Å². The van der Waals surface area contributed by atoms with E-state index in [-0.39, 0.29) is 17.7 Å². The maximum Gasteiger partial charge on any atom is 0.417 e. The molecule has 0 amide bonds. The van der Waals surface area contributed by atoms with Gasteiger partial charge in [0.15, 0.2) is 0 Å². The molecule has 80 valence electrons. The molecule has 0 bridgehead atoms. The Bertz CT molecular complexity index is 421. The van der Waals surface area contributed by atoms with E-state index in [0.29, 0.717) is 0 Å². The highest BCUT2D eigenvalue weighted by atomic mass is 35.5. The average Bonchev–Trinajstić information content (AvgIpc) is 2.16. The number of alkyl halides is 3. The lowest BCUT2D eigenvalue weighted by atomic mass is 10.1. The van der Waals surface area contributed by atoms with Gasteiger partial charge in [0.05, 0.1) is 16.1 Å². The molecule has 0 fully saturated rings. The molecule has 0 spiro atoms. The number of benzene rings is 1. The Balaban J connectivity index is 3.46. The monoisotopic (exact) mass is 234 g/mol. The third-order valence-electron chi connectivity index (χ3n) is 1.79. The van der Waals surface area contributed by atoms with Crippen molar-refractivity contribution in [2.75, 3.05) is 0 Å². The number of halogens is 4. The normalized spacial score (nSPS) is 11.2. The van der Waals surface area contributed by atoms with Crippen LogP contribution >= 0.6 is 11.6 Å². The summed E-state index contributed by atoms with van der Waals surface area (Å²) in [5, 5.41) is 8.00. The summed E-state index contributed by atoms with van der Waals surface area (Å²) in [6, 6.07) is 3.69. The van der Waals surface area contributed by atoms with Crippen molar-refractivity contribution in [3.05, 3.63) is 33.8 Å². The van der Waals surface area contributed by atoms with Crippen LogP contribution in [-0.2, 0) is 12.7 Å². The van der Waals surface area contributed by atoms with Crippen LogP contribution in [0.2, 0.25) is 5.02 Å². The molecule has 0 saturated carbocycles. The van der Waals surface area contributed by atoms with Gasteiger partial charge < -0.3 is 5.73 Å². The quantitative estimate of drug-likeness (QED) is 0.812. The number of hydrogen-bond donors (Lipinski definition) is 1. The molecular weight excluding hydrogens is 229 g/mol. The molecule has 15 heavy (non-hydrogen) atoms. The van der Waals surface area contributed by atoms with Crippen LogP contribution in [0.4, 0.5) is 13.2 Å². The summed E-state index contributed by atoms with van der Waals surface area (Å²) < 4.78 is 37.3. The Labute approximate surface area is 89.1 Å². The Morgan fingerprint density at radius 1 is 1.40 bits per heavy atom.